The maximum atomic E-state index is 12.9. The van der Waals surface area contributed by atoms with E-state index in [1.54, 1.807) is 4.90 Å². The number of hydrogen-bond donors (Lipinski definition) is 1. The molecule has 0 spiro atoms. The van der Waals surface area contributed by atoms with Gasteiger partial charge < -0.3 is 19.5 Å². The second kappa shape index (κ2) is 10.5. The summed E-state index contributed by atoms with van der Waals surface area (Å²) in [5.41, 5.74) is 2.23. The van der Waals surface area contributed by atoms with Crippen LogP contribution in [-0.4, -0.2) is 83.9 Å². The number of benzene rings is 2. The van der Waals surface area contributed by atoms with Gasteiger partial charge in [-0.05, 0) is 38.1 Å². The molecule has 1 saturated heterocycles. The standard InChI is InChI=1S/C26H32N4O3/c1-3-29(4-2)25(31)21-10-6-8-12-24(21)33-18-17-28-13-15-30(16-14-28)26(32)23-19-20-9-5-7-11-22(20)27-23/h5-12,19,27H,3-4,13-18H2,1-2H3. The summed E-state index contributed by atoms with van der Waals surface area (Å²) in [5, 5.41) is 1.05. The Balaban J connectivity index is 1.27. The highest BCUT2D eigenvalue weighted by atomic mass is 16.5. The molecule has 1 N–H and O–H groups in total. The zero-order valence-corrected chi connectivity index (χ0v) is 19.4. The Morgan fingerprint density at radius 2 is 1.67 bits per heavy atom. The number of para-hydroxylation sites is 2. The van der Waals surface area contributed by atoms with Crippen LogP contribution in [0.4, 0.5) is 0 Å². The first-order valence-corrected chi connectivity index (χ1v) is 11.7. The zero-order valence-electron chi connectivity index (χ0n) is 19.4. The molecular formula is C26H32N4O3. The zero-order chi connectivity index (χ0) is 23.2. The summed E-state index contributed by atoms with van der Waals surface area (Å²) in [6.07, 6.45) is 0. The molecule has 33 heavy (non-hydrogen) atoms. The van der Waals surface area contributed by atoms with Gasteiger partial charge in [-0.25, -0.2) is 0 Å². The molecule has 1 aliphatic rings. The maximum absolute atomic E-state index is 12.9. The molecule has 2 aromatic carbocycles. The third kappa shape index (κ3) is 5.20. The number of nitrogens with one attached hydrogen (secondary N) is 1. The number of amides is 2. The number of fused-ring (bicyclic) bond motifs is 1. The molecule has 4 rings (SSSR count). The molecular weight excluding hydrogens is 416 g/mol. The number of carbonyl (C=O) groups is 2. The van der Waals surface area contributed by atoms with Gasteiger partial charge in [0.2, 0.25) is 0 Å². The van der Waals surface area contributed by atoms with Gasteiger partial charge in [-0.15, -0.1) is 0 Å². The van der Waals surface area contributed by atoms with Crippen molar-refractivity contribution in [3.05, 3.63) is 65.9 Å². The number of H-pyrrole nitrogens is 1. The Morgan fingerprint density at radius 3 is 2.39 bits per heavy atom. The highest BCUT2D eigenvalue weighted by molar-refractivity contribution is 5.98. The number of aromatic nitrogens is 1. The molecule has 7 heteroatoms. The summed E-state index contributed by atoms with van der Waals surface area (Å²) < 4.78 is 6.00. The third-order valence-electron chi connectivity index (χ3n) is 6.25. The van der Waals surface area contributed by atoms with Crippen LogP contribution in [0.2, 0.25) is 0 Å². The molecule has 1 aromatic heterocycles. The summed E-state index contributed by atoms with van der Waals surface area (Å²) in [7, 11) is 0. The fourth-order valence-corrected chi connectivity index (χ4v) is 4.27. The van der Waals surface area contributed by atoms with E-state index in [0.29, 0.717) is 49.8 Å². The van der Waals surface area contributed by atoms with Gasteiger partial charge in [0.15, 0.2) is 0 Å². The summed E-state index contributed by atoms with van der Waals surface area (Å²) in [4.78, 5) is 34.9. The van der Waals surface area contributed by atoms with Gasteiger partial charge >= 0.3 is 0 Å². The van der Waals surface area contributed by atoms with E-state index in [4.69, 9.17) is 4.74 Å². The van der Waals surface area contributed by atoms with Crippen LogP contribution in [0.25, 0.3) is 10.9 Å². The first kappa shape index (κ1) is 22.9. The largest absolute Gasteiger partial charge is 0.491 e. The quantitative estimate of drug-likeness (QED) is 0.573. The average Bonchev–Trinajstić information content (AvgIpc) is 3.29. The minimum Gasteiger partial charge on any atom is -0.491 e. The van der Waals surface area contributed by atoms with Crippen LogP contribution in [0.3, 0.4) is 0 Å². The van der Waals surface area contributed by atoms with Crippen molar-refractivity contribution >= 4 is 22.7 Å². The summed E-state index contributed by atoms with van der Waals surface area (Å²) >= 11 is 0. The van der Waals surface area contributed by atoms with Crippen molar-refractivity contribution in [2.75, 3.05) is 52.4 Å². The van der Waals surface area contributed by atoms with E-state index < -0.39 is 0 Å². The maximum Gasteiger partial charge on any atom is 0.270 e. The van der Waals surface area contributed by atoms with E-state index in [1.807, 2.05) is 73.3 Å². The van der Waals surface area contributed by atoms with Gasteiger partial charge in [0.1, 0.15) is 18.1 Å². The Labute approximate surface area is 194 Å². The average molecular weight is 449 g/mol. The van der Waals surface area contributed by atoms with Crippen molar-refractivity contribution in [1.29, 1.82) is 0 Å². The first-order valence-electron chi connectivity index (χ1n) is 11.7. The van der Waals surface area contributed by atoms with Gasteiger partial charge in [0.05, 0.1) is 5.56 Å². The number of nitrogens with zero attached hydrogens (tertiary/aromatic N) is 3. The number of hydrogen-bond acceptors (Lipinski definition) is 4. The first-order chi connectivity index (χ1) is 16.1. The van der Waals surface area contributed by atoms with Crippen molar-refractivity contribution in [2.24, 2.45) is 0 Å². The third-order valence-corrected chi connectivity index (χ3v) is 6.25. The molecule has 0 radical (unpaired) electrons. The normalized spacial score (nSPS) is 14.4. The van der Waals surface area contributed by atoms with Gasteiger partial charge in [-0.2, -0.15) is 0 Å². The van der Waals surface area contributed by atoms with Crippen molar-refractivity contribution < 1.29 is 14.3 Å². The van der Waals surface area contributed by atoms with Crippen LogP contribution in [0.5, 0.6) is 5.75 Å². The predicted octanol–water partition coefficient (Wildman–Crippen LogP) is 3.49. The van der Waals surface area contributed by atoms with Crippen LogP contribution in [0.1, 0.15) is 34.7 Å². The van der Waals surface area contributed by atoms with E-state index >= 15 is 0 Å². The monoisotopic (exact) mass is 448 g/mol. The highest BCUT2D eigenvalue weighted by Crippen LogP contribution is 2.20. The van der Waals surface area contributed by atoms with Crippen LogP contribution >= 0.6 is 0 Å². The molecule has 0 bridgehead atoms. The van der Waals surface area contributed by atoms with Crippen molar-refractivity contribution in [1.82, 2.24) is 19.7 Å². The molecule has 0 unspecified atom stereocenters. The van der Waals surface area contributed by atoms with Gasteiger partial charge in [0.25, 0.3) is 11.8 Å². The second-order valence-electron chi connectivity index (χ2n) is 8.23. The van der Waals surface area contributed by atoms with E-state index in [-0.39, 0.29) is 11.8 Å². The predicted molar refractivity (Wildman–Crippen MR) is 130 cm³/mol. The molecule has 1 aliphatic heterocycles. The Bertz CT molecular complexity index is 1060. The number of carbonyl (C=O) groups excluding carboxylic acids is 2. The molecule has 7 nitrogen and oxygen atoms in total. The summed E-state index contributed by atoms with van der Waals surface area (Å²) in [5.74, 6) is 0.674. The smallest absolute Gasteiger partial charge is 0.270 e. The number of piperazine rings is 1. The lowest BCUT2D eigenvalue weighted by atomic mass is 10.1. The van der Waals surface area contributed by atoms with Crippen molar-refractivity contribution in [3.63, 3.8) is 0 Å². The van der Waals surface area contributed by atoms with Crippen LogP contribution in [-0.2, 0) is 0 Å². The molecule has 3 aromatic rings. The number of rotatable bonds is 8. The number of aromatic amines is 1. The molecule has 0 aliphatic carbocycles. The van der Waals surface area contributed by atoms with Crippen molar-refractivity contribution in [2.45, 2.75) is 13.8 Å². The van der Waals surface area contributed by atoms with Crippen LogP contribution in [0.15, 0.2) is 54.6 Å². The Hall–Kier alpha value is -3.32. The molecule has 0 atom stereocenters. The lowest BCUT2D eigenvalue weighted by Gasteiger charge is -2.34. The summed E-state index contributed by atoms with van der Waals surface area (Å²) in [6, 6.07) is 17.3. The Morgan fingerprint density at radius 1 is 0.970 bits per heavy atom. The second-order valence-corrected chi connectivity index (χ2v) is 8.23. The number of ether oxygens (including phenoxy) is 1. The fourth-order valence-electron chi connectivity index (χ4n) is 4.27. The highest BCUT2D eigenvalue weighted by Gasteiger charge is 2.23. The minimum atomic E-state index is -0.000274. The van der Waals surface area contributed by atoms with Gasteiger partial charge in [-0.3, -0.25) is 14.5 Å². The van der Waals surface area contributed by atoms with Crippen molar-refractivity contribution in [3.8, 4) is 5.75 Å². The molecule has 2 heterocycles. The van der Waals surface area contributed by atoms with E-state index in [0.717, 1.165) is 30.5 Å². The molecule has 174 valence electrons. The SMILES string of the molecule is CCN(CC)C(=O)c1ccccc1OCCN1CCN(C(=O)c2cc3ccccc3[nH]2)CC1. The molecule has 0 saturated carbocycles. The van der Waals surface area contributed by atoms with Gasteiger partial charge in [0, 0.05) is 56.7 Å². The fraction of sp³-hybridized carbons (Fsp3) is 0.385. The topological polar surface area (TPSA) is 68.9 Å². The lowest BCUT2D eigenvalue weighted by molar-refractivity contribution is 0.0615. The van der Waals surface area contributed by atoms with E-state index in [9.17, 15) is 9.59 Å². The van der Waals surface area contributed by atoms with E-state index in [1.165, 1.54) is 0 Å². The lowest BCUT2D eigenvalue weighted by Crippen LogP contribution is -2.49. The molecule has 1 fully saturated rings. The van der Waals surface area contributed by atoms with Crippen LogP contribution in [0, 0.1) is 0 Å². The Kier molecular flexibility index (Phi) is 7.29. The van der Waals surface area contributed by atoms with E-state index in [2.05, 4.69) is 9.88 Å². The summed E-state index contributed by atoms with van der Waals surface area (Å²) in [6.45, 7) is 9.53. The van der Waals surface area contributed by atoms with Gasteiger partial charge in [-0.1, -0.05) is 30.3 Å². The molecule has 2 amide bonds. The van der Waals surface area contributed by atoms with Crippen LogP contribution < -0.4 is 4.74 Å². The minimum absolute atomic E-state index is 0.000274.